The van der Waals surface area contributed by atoms with Gasteiger partial charge in [0, 0.05) is 18.3 Å². The maximum absolute atomic E-state index is 10.4. The predicted molar refractivity (Wildman–Crippen MR) is 132 cm³/mol. The van der Waals surface area contributed by atoms with Crippen LogP contribution < -0.4 is 15.9 Å². The van der Waals surface area contributed by atoms with E-state index in [1.165, 1.54) is 24.2 Å². The fourth-order valence-electron chi connectivity index (χ4n) is 3.50. The topological polar surface area (TPSA) is 69.9 Å². The summed E-state index contributed by atoms with van der Waals surface area (Å²) in [6.45, 7) is 0.840. The zero-order chi connectivity index (χ0) is 22.1. The summed E-state index contributed by atoms with van der Waals surface area (Å²) in [6, 6.07) is 11.3. The van der Waals surface area contributed by atoms with E-state index in [1.807, 2.05) is 24.3 Å². The van der Waals surface area contributed by atoms with Gasteiger partial charge in [-0.3, -0.25) is 9.98 Å². The van der Waals surface area contributed by atoms with Crippen molar-refractivity contribution in [2.24, 2.45) is 15.9 Å². The van der Waals surface area contributed by atoms with E-state index in [0.29, 0.717) is 25.7 Å². The van der Waals surface area contributed by atoms with Crippen molar-refractivity contribution in [3.8, 4) is 5.88 Å². The number of thiazole rings is 1. The predicted octanol–water partition coefficient (Wildman–Crippen LogP) is 5.46. The maximum atomic E-state index is 10.4. The van der Waals surface area contributed by atoms with Crippen molar-refractivity contribution in [1.82, 2.24) is 4.98 Å². The van der Waals surface area contributed by atoms with Gasteiger partial charge in [0.1, 0.15) is 0 Å². The normalized spacial score (nSPS) is 16.8. The first-order valence-electron chi connectivity index (χ1n) is 10.4. The molecule has 1 aliphatic heterocycles. The maximum Gasteiger partial charge on any atom is 0.231 e. The monoisotopic (exact) mass is 482 g/mol. The second-order valence-corrected chi connectivity index (χ2v) is 9.64. The Hall–Kier alpha value is -2.67. The number of aliphatic imine (C=N–C) groups is 1. The molecule has 0 atom stereocenters. The van der Waals surface area contributed by atoms with E-state index in [4.69, 9.17) is 28.2 Å². The lowest BCUT2D eigenvalue weighted by molar-refractivity contribution is 0.457. The van der Waals surface area contributed by atoms with Crippen molar-refractivity contribution in [3.05, 3.63) is 79.7 Å². The first kappa shape index (κ1) is 21.2. The summed E-state index contributed by atoms with van der Waals surface area (Å²) in [4.78, 5) is 14.1. The third-order valence-corrected chi connectivity index (χ3v) is 6.92. The van der Waals surface area contributed by atoms with Crippen LogP contribution in [0.5, 0.6) is 5.88 Å². The van der Waals surface area contributed by atoms with Crippen molar-refractivity contribution in [2.75, 3.05) is 11.9 Å². The highest BCUT2D eigenvalue weighted by molar-refractivity contribution is 7.16. The fraction of sp³-hybridized carbons (Fsp3) is 0.208. The number of aromatic nitrogens is 1. The molecule has 3 aromatic rings. The summed E-state index contributed by atoms with van der Waals surface area (Å²) in [5.41, 5.74) is 2.52. The lowest BCUT2D eigenvalue weighted by atomic mass is 10.1. The van der Waals surface area contributed by atoms with Crippen molar-refractivity contribution in [2.45, 2.75) is 19.3 Å². The molecule has 1 aromatic heterocycles. The van der Waals surface area contributed by atoms with Crippen LogP contribution >= 0.6 is 34.5 Å². The molecule has 32 heavy (non-hydrogen) atoms. The molecule has 162 valence electrons. The Morgan fingerprint density at radius 2 is 2.00 bits per heavy atom. The van der Waals surface area contributed by atoms with Crippen LogP contribution in [0.3, 0.4) is 0 Å². The first-order chi connectivity index (χ1) is 15.6. The summed E-state index contributed by atoms with van der Waals surface area (Å²) in [7, 11) is 0. The van der Waals surface area contributed by atoms with Crippen LogP contribution in [-0.4, -0.2) is 22.3 Å². The highest BCUT2D eigenvalue weighted by Crippen LogP contribution is 2.36. The van der Waals surface area contributed by atoms with E-state index >= 15 is 0 Å². The van der Waals surface area contributed by atoms with E-state index in [9.17, 15) is 5.11 Å². The molecule has 0 radical (unpaired) electrons. The van der Waals surface area contributed by atoms with Crippen molar-refractivity contribution in [3.63, 3.8) is 0 Å². The molecule has 2 aromatic carbocycles. The Kier molecular flexibility index (Phi) is 6.00. The number of allylic oxidation sites excluding steroid dienone is 1. The molecular formula is C24H20Cl2N4OS. The van der Waals surface area contributed by atoms with E-state index in [2.05, 4.69) is 21.4 Å². The second kappa shape index (κ2) is 9.06. The van der Waals surface area contributed by atoms with Gasteiger partial charge >= 0.3 is 0 Å². The molecule has 2 heterocycles. The van der Waals surface area contributed by atoms with Crippen LogP contribution in [0.1, 0.15) is 29.7 Å². The minimum absolute atomic E-state index is 0.0543. The van der Waals surface area contributed by atoms with E-state index in [-0.39, 0.29) is 5.88 Å². The zero-order valence-electron chi connectivity index (χ0n) is 17.1. The van der Waals surface area contributed by atoms with Gasteiger partial charge in [0.2, 0.25) is 5.88 Å². The number of anilines is 2. The zero-order valence-corrected chi connectivity index (χ0v) is 19.4. The highest BCUT2D eigenvalue weighted by Gasteiger charge is 2.20. The third-order valence-electron chi connectivity index (χ3n) is 5.39. The van der Waals surface area contributed by atoms with Crippen LogP contribution in [0, 0.1) is 5.92 Å². The molecule has 8 heteroatoms. The number of para-hydroxylation sites is 1. The van der Waals surface area contributed by atoms with Gasteiger partial charge in [-0.05, 0) is 54.0 Å². The summed E-state index contributed by atoms with van der Waals surface area (Å²) in [5.74, 6) is 0.801. The largest absolute Gasteiger partial charge is 0.492 e. The van der Waals surface area contributed by atoms with Gasteiger partial charge in [0.05, 0.1) is 31.7 Å². The number of aromatic hydroxyl groups is 1. The van der Waals surface area contributed by atoms with Crippen LogP contribution in [-0.2, 0) is 0 Å². The van der Waals surface area contributed by atoms with Gasteiger partial charge < -0.3 is 10.4 Å². The van der Waals surface area contributed by atoms with Crippen LogP contribution in [0.25, 0.3) is 6.08 Å². The number of fused-ring (bicyclic) bond motifs is 1. The van der Waals surface area contributed by atoms with Crippen LogP contribution in [0.15, 0.2) is 58.7 Å². The number of hydrogen-bond acceptors (Lipinski definition) is 6. The average molecular weight is 483 g/mol. The lowest BCUT2D eigenvalue weighted by Gasteiger charge is -2.07. The molecule has 0 amide bonds. The number of rotatable bonds is 6. The minimum Gasteiger partial charge on any atom is -0.492 e. The molecule has 1 aliphatic carbocycles. The van der Waals surface area contributed by atoms with Crippen molar-refractivity contribution >= 4 is 57.1 Å². The Morgan fingerprint density at radius 3 is 2.78 bits per heavy atom. The van der Waals surface area contributed by atoms with Crippen molar-refractivity contribution in [1.29, 1.82) is 0 Å². The summed E-state index contributed by atoms with van der Waals surface area (Å²) in [6.07, 6.45) is 9.47. The minimum atomic E-state index is -0.0543. The number of halogens is 2. The van der Waals surface area contributed by atoms with Crippen LogP contribution in [0.4, 0.5) is 10.8 Å². The summed E-state index contributed by atoms with van der Waals surface area (Å²) < 4.78 is 0. The number of nitrogens with zero attached hydrogens (tertiary/aromatic N) is 3. The molecule has 0 saturated heterocycles. The molecule has 1 fully saturated rings. The Labute approximate surface area is 199 Å². The van der Waals surface area contributed by atoms with E-state index < -0.39 is 0 Å². The number of benzene rings is 2. The molecule has 5 nitrogen and oxygen atoms in total. The SMILES string of the molecule is Oc1nc(Nc2c(Cl)cccc2Cl)sc1/C=c1\ccc2c(c1)C(=NCCC1CC1)C=CN=2. The quantitative estimate of drug-likeness (QED) is 0.489. The Balaban J connectivity index is 1.43. The standard InChI is InChI=1S/C24H20Cl2N4OS/c25-17-2-1-3-18(26)22(17)29-24-30-23(31)21(32-24)13-15-6-7-19-16(12-15)20(9-11-28-19)27-10-8-14-4-5-14/h1-3,6-7,9,11-14,31H,4-5,8,10H2,(H,29,30)/b15-13+,27-20?. The van der Waals surface area contributed by atoms with Gasteiger partial charge in [0.25, 0.3) is 0 Å². The molecule has 1 saturated carbocycles. The molecule has 2 aliphatic rings. The van der Waals surface area contributed by atoms with Gasteiger partial charge in [-0.25, -0.2) is 0 Å². The van der Waals surface area contributed by atoms with Gasteiger partial charge in [-0.15, -0.1) is 0 Å². The molecule has 2 N–H and O–H groups in total. The lowest BCUT2D eigenvalue weighted by Crippen LogP contribution is -2.21. The van der Waals surface area contributed by atoms with E-state index in [0.717, 1.165) is 40.7 Å². The van der Waals surface area contributed by atoms with E-state index in [1.54, 1.807) is 24.4 Å². The summed E-state index contributed by atoms with van der Waals surface area (Å²) >= 11 is 13.8. The highest BCUT2D eigenvalue weighted by atomic mass is 35.5. The molecule has 0 spiro atoms. The molecule has 0 unspecified atom stereocenters. The van der Waals surface area contributed by atoms with Gasteiger partial charge in [0.15, 0.2) is 5.13 Å². The van der Waals surface area contributed by atoms with Crippen LogP contribution in [0.2, 0.25) is 10.0 Å². The van der Waals surface area contributed by atoms with Crippen molar-refractivity contribution < 1.29 is 5.11 Å². The fourth-order valence-corrected chi connectivity index (χ4v) is 4.82. The second-order valence-electron chi connectivity index (χ2n) is 7.79. The Bertz CT molecular complexity index is 1340. The molecule has 0 bridgehead atoms. The number of hydrogen-bond donors (Lipinski definition) is 2. The molecule has 5 rings (SSSR count). The number of nitrogens with one attached hydrogen (secondary N) is 1. The molecular weight excluding hydrogens is 463 g/mol. The van der Waals surface area contributed by atoms with Gasteiger partial charge in [-0.1, -0.05) is 59.5 Å². The van der Waals surface area contributed by atoms with Gasteiger partial charge in [-0.2, -0.15) is 4.98 Å². The Morgan fingerprint density at radius 1 is 1.19 bits per heavy atom. The third kappa shape index (κ3) is 4.72. The summed E-state index contributed by atoms with van der Waals surface area (Å²) in [5, 5.41) is 16.8. The first-order valence-corrected chi connectivity index (χ1v) is 12.0. The average Bonchev–Trinajstić information content (AvgIpc) is 3.54. The smallest absolute Gasteiger partial charge is 0.231 e.